The van der Waals surface area contributed by atoms with E-state index in [2.05, 4.69) is 15.9 Å². The van der Waals surface area contributed by atoms with Crippen molar-refractivity contribution in [1.29, 1.82) is 0 Å². The van der Waals surface area contributed by atoms with Gasteiger partial charge in [0.15, 0.2) is 5.78 Å². The minimum absolute atomic E-state index is 0.0294. The maximum atomic E-state index is 13.1. The highest BCUT2D eigenvalue weighted by atomic mass is 79.9. The lowest BCUT2D eigenvalue weighted by atomic mass is 9.99. The van der Waals surface area contributed by atoms with Gasteiger partial charge >= 0.3 is 6.18 Å². The molecule has 0 fully saturated rings. The molecule has 1 rings (SSSR count). The number of benzene rings is 1. The van der Waals surface area contributed by atoms with E-state index in [1.165, 1.54) is 0 Å². The number of rotatable bonds is 2. The van der Waals surface area contributed by atoms with E-state index in [4.69, 9.17) is 0 Å². The van der Waals surface area contributed by atoms with Crippen molar-refractivity contribution in [2.75, 3.05) is 0 Å². The molecule has 0 radical (unpaired) electrons. The summed E-state index contributed by atoms with van der Waals surface area (Å²) >= 11 is 2.89. The van der Waals surface area contributed by atoms with E-state index < -0.39 is 29.3 Å². The normalized spacial score (nSPS) is 12.0. The van der Waals surface area contributed by atoms with Crippen molar-refractivity contribution in [3.05, 3.63) is 33.5 Å². The molecule has 0 aliphatic heterocycles. The van der Waals surface area contributed by atoms with E-state index in [1.807, 2.05) is 0 Å². The van der Waals surface area contributed by atoms with Crippen LogP contribution in [-0.2, 0) is 6.18 Å². The molecule has 0 heterocycles. The number of Topliss-reactive ketones (excluding diaryl/α,β-unsaturated/α-hetero) is 1. The first-order chi connectivity index (χ1) is 7.64. The van der Waals surface area contributed by atoms with Crippen molar-refractivity contribution in [2.45, 2.75) is 20.0 Å². The van der Waals surface area contributed by atoms with Gasteiger partial charge in [-0.25, -0.2) is 4.39 Å². The lowest BCUT2D eigenvalue weighted by molar-refractivity contribution is -0.140. The van der Waals surface area contributed by atoms with Gasteiger partial charge in [-0.2, -0.15) is 13.2 Å². The van der Waals surface area contributed by atoms with Crippen molar-refractivity contribution in [3.63, 3.8) is 0 Å². The summed E-state index contributed by atoms with van der Waals surface area (Å²) in [5.41, 5.74) is -1.58. The third-order valence-corrected chi connectivity index (χ3v) is 2.81. The molecule has 0 aromatic heterocycles. The van der Waals surface area contributed by atoms with E-state index in [0.29, 0.717) is 12.1 Å². The minimum Gasteiger partial charge on any atom is -0.294 e. The third kappa shape index (κ3) is 3.06. The molecule has 0 aliphatic rings. The molecular formula is C11H9BrF4O. The smallest absolute Gasteiger partial charge is 0.294 e. The number of carbonyl (C=O) groups is 1. The number of alkyl halides is 3. The average Bonchev–Trinajstić information content (AvgIpc) is 2.14. The molecule has 0 amide bonds. The van der Waals surface area contributed by atoms with Crippen LogP contribution in [0.1, 0.15) is 29.8 Å². The van der Waals surface area contributed by atoms with Crippen LogP contribution in [0.25, 0.3) is 0 Å². The van der Waals surface area contributed by atoms with E-state index in [1.54, 1.807) is 13.8 Å². The zero-order chi connectivity index (χ0) is 13.4. The van der Waals surface area contributed by atoms with Gasteiger partial charge in [-0.05, 0) is 28.1 Å². The number of hydrogen-bond donors (Lipinski definition) is 0. The zero-order valence-corrected chi connectivity index (χ0v) is 10.6. The Kier molecular flexibility index (Phi) is 3.96. The Morgan fingerprint density at radius 1 is 1.29 bits per heavy atom. The van der Waals surface area contributed by atoms with Gasteiger partial charge in [-0.15, -0.1) is 0 Å². The number of ketones is 1. The first-order valence-corrected chi connectivity index (χ1v) is 5.54. The second kappa shape index (κ2) is 4.76. The molecular weight excluding hydrogens is 304 g/mol. The van der Waals surface area contributed by atoms with Gasteiger partial charge in [0, 0.05) is 16.0 Å². The molecule has 6 heteroatoms. The van der Waals surface area contributed by atoms with Crippen LogP contribution < -0.4 is 0 Å². The van der Waals surface area contributed by atoms with Crippen molar-refractivity contribution in [1.82, 2.24) is 0 Å². The van der Waals surface area contributed by atoms with Gasteiger partial charge in [-0.3, -0.25) is 4.79 Å². The first kappa shape index (κ1) is 14.2. The summed E-state index contributed by atoms with van der Waals surface area (Å²) in [4.78, 5) is 11.6. The number of hydrogen-bond acceptors (Lipinski definition) is 1. The topological polar surface area (TPSA) is 17.1 Å². The number of halogens is 5. The fourth-order valence-electron chi connectivity index (χ4n) is 1.27. The van der Waals surface area contributed by atoms with Crippen LogP contribution in [0.15, 0.2) is 16.6 Å². The van der Waals surface area contributed by atoms with Crippen molar-refractivity contribution in [3.8, 4) is 0 Å². The molecule has 0 spiro atoms. The quantitative estimate of drug-likeness (QED) is 0.582. The monoisotopic (exact) mass is 312 g/mol. The van der Waals surface area contributed by atoms with Crippen molar-refractivity contribution < 1.29 is 22.4 Å². The number of carbonyl (C=O) groups excluding carboxylic acids is 1. The van der Waals surface area contributed by atoms with Gasteiger partial charge in [-0.1, -0.05) is 13.8 Å². The molecule has 0 unspecified atom stereocenters. The van der Waals surface area contributed by atoms with Gasteiger partial charge in [0.05, 0.1) is 5.56 Å². The molecule has 0 N–H and O–H groups in total. The highest BCUT2D eigenvalue weighted by molar-refractivity contribution is 9.10. The third-order valence-electron chi connectivity index (χ3n) is 2.15. The molecule has 0 saturated carbocycles. The van der Waals surface area contributed by atoms with Gasteiger partial charge in [0.1, 0.15) is 5.82 Å². The maximum Gasteiger partial charge on any atom is 0.419 e. The molecule has 0 bridgehead atoms. The Labute approximate surface area is 104 Å². The molecule has 0 atom stereocenters. The molecule has 17 heavy (non-hydrogen) atoms. The average molecular weight is 313 g/mol. The standard InChI is InChI=1S/C11H9BrF4O/c1-5(2)10(17)6-3-7(11(14,15)16)9(13)4-8(6)12/h3-5H,1-2H3. The SMILES string of the molecule is CC(C)C(=O)c1cc(C(F)(F)F)c(F)cc1Br. The van der Waals surface area contributed by atoms with E-state index in [9.17, 15) is 22.4 Å². The highest BCUT2D eigenvalue weighted by Gasteiger charge is 2.35. The summed E-state index contributed by atoms with van der Waals surface area (Å²) in [6.07, 6.45) is -4.81. The van der Waals surface area contributed by atoms with Gasteiger partial charge in [0.2, 0.25) is 0 Å². The Morgan fingerprint density at radius 2 is 1.82 bits per heavy atom. The van der Waals surface area contributed by atoms with Crippen LogP contribution in [0.5, 0.6) is 0 Å². The van der Waals surface area contributed by atoms with Crippen LogP contribution in [0, 0.1) is 11.7 Å². The van der Waals surface area contributed by atoms with Gasteiger partial charge < -0.3 is 0 Å². The predicted octanol–water partition coefficient (Wildman–Crippen LogP) is 4.45. The van der Waals surface area contributed by atoms with Crippen LogP contribution in [0.2, 0.25) is 0 Å². The summed E-state index contributed by atoms with van der Waals surface area (Å²) in [5, 5.41) is 0. The lowest BCUT2D eigenvalue weighted by Gasteiger charge is -2.12. The maximum absolute atomic E-state index is 13.1. The van der Waals surface area contributed by atoms with Crippen molar-refractivity contribution in [2.24, 2.45) is 5.92 Å². The second-order valence-corrected chi connectivity index (χ2v) is 4.68. The summed E-state index contributed by atoms with van der Waals surface area (Å²) in [6, 6.07) is 1.21. The Morgan fingerprint density at radius 3 is 2.24 bits per heavy atom. The first-order valence-electron chi connectivity index (χ1n) is 4.75. The second-order valence-electron chi connectivity index (χ2n) is 3.83. The summed E-state index contributed by atoms with van der Waals surface area (Å²) in [7, 11) is 0. The fourth-order valence-corrected chi connectivity index (χ4v) is 1.78. The minimum atomic E-state index is -4.81. The van der Waals surface area contributed by atoms with Crippen LogP contribution in [0.3, 0.4) is 0 Å². The molecule has 1 nitrogen and oxygen atoms in total. The Balaban J connectivity index is 3.39. The molecule has 1 aromatic rings. The largest absolute Gasteiger partial charge is 0.419 e. The molecule has 1 aromatic carbocycles. The van der Waals surface area contributed by atoms with Crippen LogP contribution in [-0.4, -0.2) is 5.78 Å². The molecule has 94 valence electrons. The van der Waals surface area contributed by atoms with Crippen LogP contribution >= 0.6 is 15.9 Å². The summed E-state index contributed by atoms with van der Waals surface area (Å²) in [5.74, 6) is -2.33. The fraction of sp³-hybridized carbons (Fsp3) is 0.364. The lowest BCUT2D eigenvalue weighted by Crippen LogP contribution is -2.14. The van der Waals surface area contributed by atoms with Crippen molar-refractivity contribution >= 4 is 21.7 Å². The molecule has 0 saturated heterocycles. The summed E-state index contributed by atoms with van der Waals surface area (Å²) < 4.78 is 50.5. The zero-order valence-electron chi connectivity index (χ0n) is 9.03. The highest BCUT2D eigenvalue weighted by Crippen LogP contribution is 2.34. The van der Waals surface area contributed by atoms with E-state index in [0.717, 1.165) is 0 Å². The van der Waals surface area contributed by atoms with Gasteiger partial charge in [0.25, 0.3) is 0 Å². The van der Waals surface area contributed by atoms with E-state index in [-0.39, 0.29) is 10.0 Å². The Bertz CT molecular complexity index is 452. The van der Waals surface area contributed by atoms with E-state index >= 15 is 0 Å². The molecule has 0 aliphatic carbocycles. The summed E-state index contributed by atoms with van der Waals surface area (Å²) in [6.45, 7) is 3.12. The Hall–Kier alpha value is -0.910. The van der Waals surface area contributed by atoms with Crippen LogP contribution in [0.4, 0.5) is 17.6 Å². The predicted molar refractivity (Wildman–Crippen MR) is 58.3 cm³/mol.